The third-order valence-electron chi connectivity index (χ3n) is 5.77. The summed E-state index contributed by atoms with van der Waals surface area (Å²) in [6, 6.07) is 3.68. The molecular weight excluding hydrogens is 421 g/mol. The summed E-state index contributed by atoms with van der Waals surface area (Å²) in [5, 5.41) is 7.02. The van der Waals surface area contributed by atoms with Crippen LogP contribution in [0.3, 0.4) is 0 Å². The molecule has 0 saturated carbocycles. The second-order valence-electron chi connectivity index (χ2n) is 8.15. The van der Waals surface area contributed by atoms with E-state index in [9.17, 15) is 9.18 Å². The minimum Gasteiger partial charge on any atom is -0.488 e. The van der Waals surface area contributed by atoms with Gasteiger partial charge in [-0.25, -0.2) is 9.38 Å². The Labute approximate surface area is 186 Å². The molecule has 2 saturated heterocycles. The van der Waals surface area contributed by atoms with Crippen LogP contribution in [-0.2, 0) is 0 Å². The predicted octanol–water partition coefficient (Wildman–Crippen LogP) is 2.49. The van der Waals surface area contributed by atoms with E-state index in [2.05, 4.69) is 15.6 Å². The number of rotatable bonds is 3. The molecule has 166 valence electrons. The Kier molecular flexibility index (Phi) is 6.31. The van der Waals surface area contributed by atoms with Gasteiger partial charge >= 0.3 is 0 Å². The fourth-order valence-corrected chi connectivity index (χ4v) is 4.17. The quantitative estimate of drug-likeness (QED) is 0.662. The molecular formula is C22H27ClFN5O2. The fourth-order valence-electron chi connectivity index (χ4n) is 4.08. The Hall–Kier alpha value is -2.42. The van der Waals surface area contributed by atoms with Crippen molar-refractivity contribution in [2.24, 2.45) is 10.7 Å². The minimum absolute atomic E-state index is 0.0936. The molecule has 2 unspecified atom stereocenters. The molecule has 1 amide bonds. The lowest BCUT2D eigenvalue weighted by Gasteiger charge is -2.26. The summed E-state index contributed by atoms with van der Waals surface area (Å²) in [5.74, 6) is 0.216. The number of halogens is 2. The Morgan fingerprint density at radius 1 is 1.39 bits per heavy atom. The van der Waals surface area contributed by atoms with Crippen molar-refractivity contribution in [1.82, 2.24) is 15.5 Å². The van der Waals surface area contributed by atoms with Crippen LogP contribution in [0.4, 0.5) is 4.39 Å². The van der Waals surface area contributed by atoms with Crippen LogP contribution >= 0.6 is 11.6 Å². The molecule has 4 rings (SSSR count). The zero-order valence-corrected chi connectivity index (χ0v) is 18.4. The number of hydrogen-bond acceptors (Lipinski definition) is 6. The summed E-state index contributed by atoms with van der Waals surface area (Å²) in [5.41, 5.74) is 9.01. The van der Waals surface area contributed by atoms with Crippen molar-refractivity contribution < 1.29 is 13.9 Å². The maximum atomic E-state index is 13.9. The third-order valence-corrected chi connectivity index (χ3v) is 6.33. The van der Waals surface area contributed by atoms with E-state index in [0.717, 1.165) is 30.7 Å². The summed E-state index contributed by atoms with van der Waals surface area (Å²) >= 11 is 6.21. The molecule has 9 heteroatoms. The number of carbonyl (C=O) groups excluding carboxylic acids is 1. The normalized spacial score (nSPS) is 26.6. The van der Waals surface area contributed by atoms with Crippen LogP contribution in [0, 0.1) is 5.82 Å². The average molecular weight is 448 g/mol. The lowest BCUT2D eigenvalue weighted by Crippen LogP contribution is -2.38. The number of hydrogen-bond donors (Lipinski definition) is 3. The van der Waals surface area contributed by atoms with Gasteiger partial charge in [-0.3, -0.25) is 4.79 Å². The van der Waals surface area contributed by atoms with Crippen LogP contribution in [0.15, 0.2) is 45.3 Å². The number of carbonyl (C=O) groups is 1. The largest absolute Gasteiger partial charge is 0.488 e. The molecule has 3 aliphatic heterocycles. The van der Waals surface area contributed by atoms with E-state index < -0.39 is 5.82 Å². The summed E-state index contributed by atoms with van der Waals surface area (Å²) in [7, 11) is 0. The van der Waals surface area contributed by atoms with E-state index in [1.807, 2.05) is 13.8 Å². The SMILES string of the molecule is CC1=N/C(=C2\CN(C(=O)c3ccc(F)cc3OC3CCCNC3)CC2N)NC(C)=C1Cl. The van der Waals surface area contributed by atoms with E-state index in [0.29, 0.717) is 41.8 Å². The van der Waals surface area contributed by atoms with Crippen molar-refractivity contribution in [3.63, 3.8) is 0 Å². The molecule has 1 aromatic carbocycles. The second kappa shape index (κ2) is 8.98. The molecule has 7 nitrogen and oxygen atoms in total. The van der Waals surface area contributed by atoms with E-state index >= 15 is 0 Å². The van der Waals surface area contributed by atoms with Crippen molar-refractivity contribution in [2.75, 3.05) is 26.2 Å². The molecule has 0 bridgehead atoms. The Bertz CT molecular complexity index is 984. The average Bonchev–Trinajstić information content (AvgIpc) is 3.14. The highest BCUT2D eigenvalue weighted by Gasteiger charge is 2.33. The number of allylic oxidation sites excluding steroid dienone is 2. The number of benzene rings is 1. The molecule has 0 spiro atoms. The first-order chi connectivity index (χ1) is 14.8. The van der Waals surface area contributed by atoms with Crippen molar-refractivity contribution in [2.45, 2.75) is 38.8 Å². The maximum Gasteiger partial charge on any atom is 0.257 e. The van der Waals surface area contributed by atoms with E-state index in [1.54, 1.807) is 4.90 Å². The second-order valence-corrected chi connectivity index (χ2v) is 8.53. The number of likely N-dealkylation sites (tertiary alicyclic amines) is 1. The monoisotopic (exact) mass is 447 g/mol. The highest BCUT2D eigenvalue weighted by atomic mass is 35.5. The number of aliphatic imine (C=N–C) groups is 1. The van der Waals surface area contributed by atoms with Gasteiger partial charge in [0, 0.05) is 43.0 Å². The summed E-state index contributed by atoms with van der Waals surface area (Å²) in [6.45, 7) is 5.98. The zero-order chi connectivity index (χ0) is 22.1. The Morgan fingerprint density at radius 2 is 2.19 bits per heavy atom. The minimum atomic E-state index is -0.438. The third kappa shape index (κ3) is 4.61. The van der Waals surface area contributed by atoms with Gasteiger partial charge in [0.2, 0.25) is 0 Å². The lowest BCUT2D eigenvalue weighted by atomic mass is 10.1. The van der Waals surface area contributed by atoms with Gasteiger partial charge in [0.25, 0.3) is 5.91 Å². The lowest BCUT2D eigenvalue weighted by molar-refractivity contribution is 0.0783. The van der Waals surface area contributed by atoms with Crippen LogP contribution < -0.4 is 21.1 Å². The number of nitrogens with one attached hydrogen (secondary N) is 2. The van der Waals surface area contributed by atoms with E-state index in [1.165, 1.54) is 18.2 Å². The number of amides is 1. The summed E-state index contributed by atoms with van der Waals surface area (Å²) < 4.78 is 19.9. The van der Waals surface area contributed by atoms with Gasteiger partial charge in [-0.15, -0.1) is 0 Å². The standard InChI is InChI=1S/C22H27ClFN5O2/c1-12-20(23)13(2)28-21(27-12)17-10-29(11-18(17)25)22(30)16-6-5-14(24)8-19(16)31-15-4-3-7-26-9-15/h5-6,8,15,18,26-27H,3-4,7,9-11,25H2,1-2H3/b21-17+. The van der Waals surface area contributed by atoms with Gasteiger partial charge in [-0.05, 0) is 45.4 Å². The molecule has 2 atom stereocenters. The zero-order valence-electron chi connectivity index (χ0n) is 17.7. The van der Waals surface area contributed by atoms with E-state index in [-0.39, 0.29) is 23.8 Å². The van der Waals surface area contributed by atoms with Gasteiger partial charge < -0.3 is 26.0 Å². The molecule has 31 heavy (non-hydrogen) atoms. The number of ether oxygens (including phenoxy) is 1. The highest BCUT2D eigenvalue weighted by molar-refractivity contribution is 6.43. The van der Waals surface area contributed by atoms with Gasteiger partial charge in [-0.1, -0.05) is 11.6 Å². The maximum absolute atomic E-state index is 13.9. The van der Waals surface area contributed by atoms with Gasteiger partial charge in [0.05, 0.1) is 16.3 Å². The Balaban J connectivity index is 1.56. The van der Waals surface area contributed by atoms with Gasteiger partial charge in [0.15, 0.2) is 0 Å². The summed E-state index contributed by atoms with van der Waals surface area (Å²) in [6.07, 6.45) is 1.75. The van der Waals surface area contributed by atoms with E-state index in [4.69, 9.17) is 22.1 Å². The fraction of sp³-hybridized carbons (Fsp3) is 0.455. The molecule has 0 aromatic heterocycles. The molecule has 0 radical (unpaired) electrons. The molecule has 1 aromatic rings. The molecule has 3 aliphatic rings. The van der Waals surface area contributed by atoms with Crippen molar-refractivity contribution in [3.8, 4) is 5.75 Å². The first kappa shape index (κ1) is 21.8. The number of piperidine rings is 1. The molecule has 2 fully saturated rings. The Morgan fingerprint density at radius 3 is 2.90 bits per heavy atom. The number of nitrogens with zero attached hydrogens (tertiary/aromatic N) is 2. The van der Waals surface area contributed by atoms with Crippen molar-refractivity contribution in [3.05, 3.63) is 51.7 Å². The predicted molar refractivity (Wildman–Crippen MR) is 119 cm³/mol. The first-order valence-corrected chi connectivity index (χ1v) is 10.8. The molecule has 0 aliphatic carbocycles. The van der Waals surface area contributed by atoms with Gasteiger partial charge in [0.1, 0.15) is 23.5 Å². The molecule has 4 N–H and O–H groups in total. The van der Waals surface area contributed by atoms with Crippen LogP contribution in [0.2, 0.25) is 0 Å². The van der Waals surface area contributed by atoms with Crippen LogP contribution in [0.5, 0.6) is 5.75 Å². The smallest absolute Gasteiger partial charge is 0.257 e. The topological polar surface area (TPSA) is 92.0 Å². The van der Waals surface area contributed by atoms with Crippen LogP contribution in [0.1, 0.15) is 37.0 Å². The van der Waals surface area contributed by atoms with Gasteiger partial charge in [-0.2, -0.15) is 0 Å². The molecule has 3 heterocycles. The highest BCUT2D eigenvalue weighted by Crippen LogP contribution is 2.28. The van der Waals surface area contributed by atoms with Crippen molar-refractivity contribution >= 4 is 23.2 Å². The van der Waals surface area contributed by atoms with Crippen LogP contribution in [-0.4, -0.2) is 54.8 Å². The van der Waals surface area contributed by atoms with Crippen LogP contribution in [0.25, 0.3) is 0 Å². The summed E-state index contributed by atoms with van der Waals surface area (Å²) in [4.78, 5) is 19.5. The number of nitrogens with two attached hydrogens (primary N) is 1. The first-order valence-electron chi connectivity index (χ1n) is 10.5. The van der Waals surface area contributed by atoms with Crippen molar-refractivity contribution in [1.29, 1.82) is 0 Å².